The van der Waals surface area contributed by atoms with Crippen LogP contribution in [0.25, 0.3) is 10.9 Å². The van der Waals surface area contributed by atoms with Gasteiger partial charge in [-0.1, -0.05) is 25.1 Å². The highest BCUT2D eigenvalue weighted by molar-refractivity contribution is 6.07. The molecular formula is C20H22N4O3. The normalized spacial score (nSPS) is 12.1. The van der Waals surface area contributed by atoms with Gasteiger partial charge in [-0.05, 0) is 26.3 Å². The average molecular weight is 366 g/mol. The molecule has 7 heteroatoms. The lowest BCUT2D eigenvalue weighted by Gasteiger charge is -2.18. The zero-order valence-corrected chi connectivity index (χ0v) is 15.6. The third kappa shape index (κ3) is 3.81. The van der Waals surface area contributed by atoms with Crippen LogP contribution in [0.5, 0.6) is 0 Å². The molecule has 2 aromatic heterocycles. The summed E-state index contributed by atoms with van der Waals surface area (Å²) < 4.78 is 1.84. The fourth-order valence-corrected chi connectivity index (χ4v) is 3.27. The van der Waals surface area contributed by atoms with E-state index in [1.54, 1.807) is 13.1 Å². The molecule has 1 aromatic carbocycles. The van der Waals surface area contributed by atoms with Crippen molar-refractivity contribution >= 4 is 22.6 Å². The van der Waals surface area contributed by atoms with Crippen LogP contribution < -0.4 is 10.9 Å². The van der Waals surface area contributed by atoms with Crippen LogP contribution in [0.4, 0.5) is 0 Å². The van der Waals surface area contributed by atoms with E-state index >= 15 is 0 Å². The Morgan fingerprint density at radius 2 is 2.04 bits per heavy atom. The second-order valence-electron chi connectivity index (χ2n) is 6.50. The number of nitrogens with zero attached hydrogens (tertiary/aromatic N) is 2. The Bertz CT molecular complexity index is 1060. The minimum Gasteiger partial charge on any atom is -0.347 e. The topological polar surface area (TPSA) is 96.8 Å². The summed E-state index contributed by atoms with van der Waals surface area (Å²) in [6, 6.07) is 8.47. The van der Waals surface area contributed by atoms with Crippen molar-refractivity contribution in [1.29, 1.82) is 0 Å². The van der Waals surface area contributed by atoms with Gasteiger partial charge >= 0.3 is 0 Å². The van der Waals surface area contributed by atoms with Crippen molar-refractivity contribution in [3.63, 3.8) is 0 Å². The van der Waals surface area contributed by atoms with E-state index in [0.29, 0.717) is 23.5 Å². The van der Waals surface area contributed by atoms with E-state index in [9.17, 15) is 14.4 Å². The Hall–Kier alpha value is -3.22. The predicted molar refractivity (Wildman–Crippen MR) is 103 cm³/mol. The third-order valence-electron chi connectivity index (χ3n) is 4.49. The minimum atomic E-state index is -0.473. The number of nitrogens with one attached hydrogen (secondary N) is 2. The van der Waals surface area contributed by atoms with Gasteiger partial charge in [0.15, 0.2) is 5.78 Å². The van der Waals surface area contributed by atoms with Gasteiger partial charge in [0.05, 0.1) is 6.54 Å². The molecule has 0 aliphatic heterocycles. The van der Waals surface area contributed by atoms with Crippen molar-refractivity contribution in [3.8, 4) is 0 Å². The highest BCUT2D eigenvalue weighted by Gasteiger charge is 2.22. The van der Waals surface area contributed by atoms with Gasteiger partial charge in [-0.25, -0.2) is 4.98 Å². The molecular weight excluding hydrogens is 344 g/mol. The highest BCUT2D eigenvalue weighted by Crippen LogP contribution is 2.26. The number of rotatable bonds is 6. The molecule has 0 radical (unpaired) electrons. The number of carbonyl (C=O) groups excluding carboxylic acids is 2. The Balaban J connectivity index is 1.88. The van der Waals surface area contributed by atoms with Crippen molar-refractivity contribution in [2.24, 2.45) is 0 Å². The molecule has 1 unspecified atom stereocenters. The lowest BCUT2D eigenvalue weighted by molar-refractivity contribution is -0.124. The van der Waals surface area contributed by atoms with Gasteiger partial charge in [0.25, 0.3) is 5.56 Å². The van der Waals surface area contributed by atoms with E-state index in [2.05, 4.69) is 15.3 Å². The number of amides is 1. The van der Waals surface area contributed by atoms with Crippen molar-refractivity contribution in [2.45, 2.75) is 39.8 Å². The number of aromatic amines is 1. The molecule has 1 amide bonds. The first kappa shape index (κ1) is 18.6. The van der Waals surface area contributed by atoms with Crippen molar-refractivity contribution in [3.05, 3.63) is 64.0 Å². The van der Waals surface area contributed by atoms with Crippen LogP contribution in [0.2, 0.25) is 0 Å². The number of hydrogen-bond donors (Lipinski definition) is 2. The van der Waals surface area contributed by atoms with Crippen LogP contribution in [0.3, 0.4) is 0 Å². The lowest BCUT2D eigenvalue weighted by Crippen LogP contribution is -2.32. The quantitative estimate of drug-likeness (QED) is 0.655. The second kappa shape index (κ2) is 7.57. The third-order valence-corrected chi connectivity index (χ3v) is 4.49. The number of ketones is 1. The molecule has 27 heavy (non-hydrogen) atoms. The number of hydrogen-bond acceptors (Lipinski definition) is 4. The number of H-pyrrole nitrogens is 1. The zero-order valence-electron chi connectivity index (χ0n) is 15.6. The number of aryl methyl sites for hydroxylation is 1. The molecule has 2 N–H and O–H groups in total. The molecule has 0 saturated carbocycles. The van der Waals surface area contributed by atoms with Gasteiger partial charge in [-0.15, -0.1) is 0 Å². The van der Waals surface area contributed by atoms with Crippen molar-refractivity contribution < 1.29 is 9.59 Å². The summed E-state index contributed by atoms with van der Waals surface area (Å²) in [4.78, 5) is 43.1. The van der Waals surface area contributed by atoms with E-state index in [4.69, 9.17) is 0 Å². The number of Topliss-reactive ketones (excluding diaryl/α,β-unsaturated/α-hetero) is 1. The first-order valence-corrected chi connectivity index (χ1v) is 8.85. The molecule has 2 heterocycles. The summed E-state index contributed by atoms with van der Waals surface area (Å²) >= 11 is 0. The van der Waals surface area contributed by atoms with Crippen molar-refractivity contribution in [1.82, 2.24) is 19.9 Å². The highest BCUT2D eigenvalue weighted by atomic mass is 16.2. The number of carbonyl (C=O) groups is 2. The van der Waals surface area contributed by atoms with Gasteiger partial charge < -0.3 is 14.9 Å². The number of para-hydroxylation sites is 1. The van der Waals surface area contributed by atoms with Crippen LogP contribution in [0.15, 0.2) is 41.3 Å². The molecule has 0 aliphatic carbocycles. The Morgan fingerprint density at radius 1 is 1.30 bits per heavy atom. The fraction of sp³-hybridized carbons (Fsp3) is 0.300. The Morgan fingerprint density at radius 3 is 2.70 bits per heavy atom. The summed E-state index contributed by atoms with van der Waals surface area (Å²) in [7, 11) is 0. The first-order chi connectivity index (χ1) is 12.9. The van der Waals surface area contributed by atoms with Gasteiger partial charge in [0.1, 0.15) is 11.9 Å². The Labute approximate surface area is 156 Å². The van der Waals surface area contributed by atoms with Gasteiger partial charge in [-0.3, -0.25) is 14.4 Å². The predicted octanol–water partition coefficient (Wildman–Crippen LogP) is 2.50. The smallest absolute Gasteiger partial charge is 0.251 e. The maximum atomic E-state index is 12.8. The maximum Gasteiger partial charge on any atom is 0.251 e. The van der Waals surface area contributed by atoms with Gasteiger partial charge in [0, 0.05) is 34.4 Å². The maximum absolute atomic E-state index is 12.8. The molecule has 3 aromatic rings. The first-order valence-electron chi connectivity index (χ1n) is 8.85. The summed E-state index contributed by atoms with van der Waals surface area (Å²) in [5.74, 6) is 0.171. The molecule has 0 spiro atoms. The standard InChI is InChI=1S/C20H22N4O3/c1-4-16(20(27)21-10-18-22-12(2)9-19(26)23-18)24-11-15(13(3)25)14-7-5-6-8-17(14)24/h5-9,11,16H,4,10H2,1-3H3,(H,21,27)(H,22,23,26). The summed E-state index contributed by atoms with van der Waals surface area (Å²) in [6.45, 7) is 5.29. The van der Waals surface area contributed by atoms with Crippen molar-refractivity contribution in [2.75, 3.05) is 0 Å². The molecule has 0 aliphatic rings. The number of benzene rings is 1. The summed E-state index contributed by atoms with van der Waals surface area (Å²) in [5.41, 5.74) is 1.78. The lowest BCUT2D eigenvalue weighted by atomic mass is 10.1. The zero-order chi connectivity index (χ0) is 19.6. The van der Waals surface area contributed by atoms with Crippen LogP contribution in [0.1, 0.15) is 48.2 Å². The molecule has 7 nitrogen and oxygen atoms in total. The second-order valence-corrected chi connectivity index (χ2v) is 6.50. The van der Waals surface area contributed by atoms with E-state index in [0.717, 1.165) is 10.9 Å². The van der Waals surface area contributed by atoms with E-state index in [-0.39, 0.29) is 23.8 Å². The average Bonchev–Trinajstić information content (AvgIpc) is 3.00. The molecule has 3 rings (SSSR count). The van der Waals surface area contributed by atoms with Crippen LogP contribution in [0, 0.1) is 6.92 Å². The summed E-state index contributed by atoms with van der Waals surface area (Å²) in [6.07, 6.45) is 2.30. The SMILES string of the molecule is CCC(C(=O)NCc1nc(C)cc(=O)[nH]1)n1cc(C(C)=O)c2ccccc21. The van der Waals surface area contributed by atoms with Gasteiger partial charge in [-0.2, -0.15) is 0 Å². The minimum absolute atomic E-state index is 0.0400. The molecule has 0 saturated heterocycles. The molecule has 0 bridgehead atoms. The molecule has 1 atom stereocenters. The molecule has 140 valence electrons. The largest absolute Gasteiger partial charge is 0.347 e. The fourth-order valence-electron chi connectivity index (χ4n) is 3.27. The Kier molecular flexibility index (Phi) is 5.21. The van der Waals surface area contributed by atoms with Crippen LogP contribution >= 0.6 is 0 Å². The molecule has 0 fully saturated rings. The number of aromatic nitrogens is 3. The van der Waals surface area contributed by atoms with Crippen LogP contribution in [-0.2, 0) is 11.3 Å². The van der Waals surface area contributed by atoms with E-state index in [1.165, 1.54) is 13.0 Å². The van der Waals surface area contributed by atoms with Crippen LogP contribution in [-0.4, -0.2) is 26.2 Å². The van der Waals surface area contributed by atoms with Gasteiger partial charge in [0.2, 0.25) is 5.91 Å². The van der Waals surface area contributed by atoms with E-state index < -0.39 is 6.04 Å². The van der Waals surface area contributed by atoms with E-state index in [1.807, 2.05) is 35.8 Å². The summed E-state index contributed by atoms with van der Waals surface area (Å²) in [5, 5.41) is 3.66. The monoisotopic (exact) mass is 366 g/mol. The number of fused-ring (bicyclic) bond motifs is 1.